The van der Waals surface area contributed by atoms with Gasteiger partial charge in [-0.1, -0.05) is 0 Å². The van der Waals surface area contributed by atoms with Crippen molar-refractivity contribution >= 4 is 23.4 Å². The normalized spacial score (nSPS) is 23.5. The molecule has 2 fully saturated rings. The van der Waals surface area contributed by atoms with Gasteiger partial charge in [-0.15, -0.1) is 0 Å². The van der Waals surface area contributed by atoms with E-state index < -0.39 is 24.2 Å². The first-order valence-electron chi connectivity index (χ1n) is 8.88. The number of cyclic esters (lactones) is 1. The number of anilines is 2. The van der Waals surface area contributed by atoms with Crippen LogP contribution in [0.1, 0.15) is 13.3 Å². The second-order valence-corrected chi connectivity index (χ2v) is 6.70. The fraction of sp³-hybridized carbons (Fsp3) is 0.421. The largest absolute Gasteiger partial charge is 0.442 e. The Kier molecular flexibility index (Phi) is 5.78. The average Bonchev–Trinajstić information content (AvgIpc) is 3.02. The third-order valence-electron chi connectivity index (χ3n) is 4.74. The SMILES string of the molecule is CC(=O)NC[C@H]1CN(c2ccc(N3CC/C(=C\C#N)C(F)C3)c(F)c2)C(=O)O1. The summed E-state index contributed by atoms with van der Waals surface area (Å²) in [6.45, 7) is 2.10. The van der Waals surface area contributed by atoms with E-state index in [1.165, 1.54) is 30.0 Å². The van der Waals surface area contributed by atoms with Gasteiger partial charge >= 0.3 is 6.09 Å². The average molecular weight is 390 g/mol. The lowest BCUT2D eigenvalue weighted by molar-refractivity contribution is -0.119. The van der Waals surface area contributed by atoms with Crippen LogP contribution in [0.2, 0.25) is 0 Å². The molecule has 0 bridgehead atoms. The molecule has 1 aromatic rings. The molecule has 2 heterocycles. The lowest BCUT2D eigenvalue weighted by Crippen LogP contribution is -2.38. The summed E-state index contributed by atoms with van der Waals surface area (Å²) in [5, 5.41) is 11.2. The number of piperidine rings is 1. The number of carbonyl (C=O) groups is 2. The monoisotopic (exact) mass is 390 g/mol. The lowest BCUT2D eigenvalue weighted by Gasteiger charge is -2.32. The predicted octanol–water partition coefficient (Wildman–Crippen LogP) is 2.29. The van der Waals surface area contributed by atoms with E-state index in [4.69, 9.17) is 10.00 Å². The van der Waals surface area contributed by atoms with Crippen LogP contribution in [0, 0.1) is 17.1 Å². The van der Waals surface area contributed by atoms with Crippen molar-refractivity contribution in [3.05, 3.63) is 35.7 Å². The van der Waals surface area contributed by atoms with Gasteiger partial charge in [-0.25, -0.2) is 13.6 Å². The molecule has 2 aliphatic rings. The Hall–Kier alpha value is -3.15. The van der Waals surface area contributed by atoms with Crippen molar-refractivity contribution in [1.29, 1.82) is 5.26 Å². The molecule has 0 saturated carbocycles. The Morgan fingerprint density at radius 1 is 1.46 bits per heavy atom. The van der Waals surface area contributed by atoms with Gasteiger partial charge in [0.2, 0.25) is 5.91 Å². The maximum Gasteiger partial charge on any atom is 0.414 e. The summed E-state index contributed by atoms with van der Waals surface area (Å²) >= 11 is 0. The number of allylic oxidation sites excluding steroid dienone is 1. The molecule has 1 aromatic carbocycles. The highest BCUT2D eigenvalue weighted by Gasteiger charge is 2.33. The van der Waals surface area contributed by atoms with Crippen LogP contribution in [0.3, 0.4) is 0 Å². The summed E-state index contributed by atoms with van der Waals surface area (Å²) < 4.78 is 34.0. The van der Waals surface area contributed by atoms with E-state index >= 15 is 0 Å². The fourth-order valence-corrected chi connectivity index (χ4v) is 3.30. The molecule has 2 aliphatic heterocycles. The van der Waals surface area contributed by atoms with E-state index in [2.05, 4.69) is 5.32 Å². The minimum Gasteiger partial charge on any atom is -0.442 e. The number of ether oxygens (including phenoxy) is 1. The van der Waals surface area contributed by atoms with Crippen LogP contribution in [0.25, 0.3) is 0 Å². The first kappa shape index (κ1) is 19.6. The zero-order valence-corrected chi connectivity index (χ0v) is 15.3. The highest BCUT2D eigenvalue weighted by atomic mass is 19.1. The minimum atomic E-state index is -1.32. The third kappa shape index (κ3) is 4.22. The molecule has 28 heavy (non-hydrogen) atoms. The molecule has 0 aromatic heterocycles. The number of amides is 2. The van der Waals surface area contributed by atoms with Crippen LogP contribution in [0.15, 0.2) is 29.8 Å². The van der Waals surface area contributed by atoms with Gasteiger partial charge in [0.15, 0.2) is 0 Å². The van der Waals surface area contributed by atoms with E-state index in [1.54, 1.807) is 11.0 Å². The number of hydrogen-bond donors (Lipinski definition) is 1. The fourth-order valence-electron chi connectivity index (χ4n) is 3.30. The Labute approximate surface area is 161 Å². The predicted molar refractivity (Wildman–Crippen MR) is 98.1 cm³/mol. The minimum absolute atomic E-state index is 0.0334. The van der Waals surface area contributed by atoms with Crippen molar-refractivity contribution in [2.24, 2.45) is 0 Å². The number of nitriles is 1. The standard InChI is InChI=1S/C19H20F2N4O3/c1-12(26)23-9-15-10-25(19(27)28-15)14-2-3-18(16(20)8-14)24-7-5-13(4-6-22)17(21)11-24/h2-4,8,15,17H,5,7,9-11H2,1H3,(H,23,26)/b13-4+/t15-,17?/m0/s1. The van der Waals surface area contributed by atoms with Gasteiger partial charge in [-0.05, 0) is 30.2 Å². The number of alkyl halides is 1. The van der Waals surface area contributed by atoms with Crippen LogP contribution in [-0.4, -0.2) is 50.5 Å². The van der Waals surface area contributed by atoms with E-state index in [9.17, 15) is 18.4 Å². The summed E-state index contributed by atoms with van der Waals surface area (Å²) in [5.74, 6) is -0.805. The van der Waals surface area contributed by atoms with Crippen LogP contribution in [0.4, 0.5) is 25.0 Å². The van der Waals surface area contributed by atoms with E-state index in [0.29, 0.717) is 24.2 Å². The van der Waals surface area contributed by atoms with Crippen molar-refractivity contribution in [2.75, 3.05) is 36.0 Å². The number of benzene rings is 1. The maximum absolute atomic E-state index is 14.7. The molecule has 1 unspecified atom stereocenters. The number of nitrogens with one attached hydrogen (secondary N) is 1. The summed E-state index contributed by atoms with van der Waals surface area (Å²) in [7, 11) is 0. The molecule has 1 N–H and O–H groups in total. The quantitative estimate of drug-likeness (QED) is 0.798. The second kappa shape index (κ2) is 8.25. The summed E-state index contributed by atoms with van der Waals surface area (Å²) in [6, 6.07) is 6.12. The Bertz CT molecular complexity index is 852. The van der Waals surface area contributed by atoms with Gasteiger partial charge in [0.05, 0.1) is 37.1 Å². The first-order chi connectivity index (χ1) is 13.4. The van der Waals surface area contributed by atoms with Gasteiger partial charge in [0.25, 0.3) is 0 Å². The van der Waals surface area contributed by atoms with Crippen LogP contribution in [-0.2, 0) is 9.53 Å². The van der Waals surface area contributed by atoms with E-state index in [0.717, 1.165) is 0 Å². The molecule has 0 radical (unpaired) electrons. The molecular formula is C19H20F2N4O3. The molecular weight excluding hydrogens is 370 g/mol. The molecule has 3 rings (SSSR count). The van der Waals surface area contributed by atoms with Crippen LogP contribution in [0.5, 0.6) is 0 Å². The third-order valence-corrected chi connectivity index (χ3v) is 4.74. The van der Waals surface area contributed by atoms with Gasteiger partial charge in [-0.3, -0.25) is 9.69 Å². The summed E-state index contributed by atoms with van der Waals surface area (Å²) in [6.07, 6.45) is -0.901. The molecule has 2 amide bonds. The Balaban J connectivity index is 1.69. The zero-order chi connectivity index (χ0) is 20.3. The van der Waals surface area contributed by atoms with E-state index in [-0.39, 0.29) is 31.2 Å². The molecule has 0 aliphatic carbocycles. The Morgan fingerprint density at radius 3 is 2.89 bits per heavy atom. The molecule has 0 spiro atoms. The van der Waals surface area contributed by atoms with Crippen LogP contribution < -0.4 is 15.1 Å². The molecule has 148 valence electrons. The second-order valence-electron chi connectivity index (χ2n) is 6.70. The zero-order valence-electron chi connectivity index (χ0n) is 15.3. The van der Waals surface area contributed by atoms with E-state index in [1.807, 2.05) is 6.07 Å². The van der Waals surface area contributed by atoms with Gasteiger partial charge in [0.1, 0.15) is 18.1 Å². The highest BCUT2D eigenvalue weighted by Crippen LogP contribution is 2.31. The molecule has 7 nitrogen and oxygen atoms in total. The number of halogens is 2. The number of carbonyl (C=O) groups excluding carboxylic acids is 2. The van der Waals surface area contributed by atoms with Crippen molar-refractivity contribution in [3.63, 3.8) is 0 Å². The number of nitrogens with zero attached hydrogens (tertiary/aromatic N) is 3. The lowest BCUT2D eigenvalue weighted by atomic mass is 10.0. The smallest absolute Gasteiger partial charge is 0.414 e. The van der Waals surface area contributed by atoms with Crippen LogP contribution >= 0.6 is 0 Å². The number of hydrogen-bond acceptors (Lipinski definition) is 5. The molecule has 2 saturated heterocycles. The first-order valence-corrected chi connectivity index (χ1v) is 8.88. The van der Waals surface area contributed by atoms with Gasteiger partial charge < -0.3 is 15.0 Å². The van der Waals surface area contributed by atoms with Crippen molar-refractivity contribution in [1.82, 2.24) is 5.32 Å². The maximum atomic E-state index is 14.7. The van der Waals surface area contributed by atoms with Crippen molar-refractivity contribution in [2.45, 2.75) is 25.6 Å². The summed E-state index contributed by atoms with van der Waals surface area (Å²) in [5.41, 5.74) is 0.987. The Morgan fingerprint density at radius 2 is 2.25 bits per heavy atom. The molecule has 2 atom stereocenters. The topological polar surface area (TPSA) is 85.7 Å². The summed E-state index contributed by atoms with van der Waals surface area (Å²) in [4.78, 5) is 25.9. The van der Waals surface area contributed by atoms with Crippen molar-refractivity contribution < 1.29 is 23.1 Å². The number of rotatable bonds is 4. The molecule has 9 heteroatoms. The van der Waals surface area contributed by atoms with Crippen molar-refractivity contribution in [3.8, 4) is 6.07 Å². The van der Waals surface area contributed by atoms with Gasteiger partial charge in [0, 0.05) is 19.5 Å². The van der Waals surface area contributed by atoms with Gasteiger partial charge in [-0.2, -0.15) is 5.26 Å². The highest BCUT2D eigenvalue weighted by molar-refractivity contribution is 5.90.